The van der Waals surface area contributed by atoms with Crippen molar-refractivity contribution in [2.45, 2.75) is 24.8 Å². The lowest BCUT2D eigenvalue weighted by Crippen LogP contribution is -2.44. The fraction of sp³-hybridized carbons (Fsp3) is 1.00. The Hall–Kier alpha value is -0.120. The van der Waals surface area contributed by atoms with Gasteiger partial charge in [0.2, 0.25) is 0 Å². The zero-order chi connectivity index (χ0) is 8.32. The van der Waals surface area contributed by atoms with Crippen LogP contribution < -0.4 is 5.73 Å². The van der Waals surface area contributed by atoms with Crippen LogP contribution in [-0.2, 0) is 0 Å². The summed E-state index contributed by atoms with van der Waals surface area (Å²) >= 11 is 0. The number of aliphatic hydroxyl groups excluding tert-OH is 1. The van der Waals surface area contributed by atoms with E-state index in [0.717, 1.165) is 32.4 Å². The van der Waals surface area contributed by atoms with E-state index in [2.05, 4.69) is 11.9 Å². The Kier molecular flexibility index (Phi) is 2.87. The van der Waals surface area contributed by atoms with Gasteiger partial charge in [-0.15, -0.1) is 0 Å². The maximum absolute atomic E-state index is 9.02. The number of hydrogen-bond donors (Lipinski definition) is 2. The minimum Gasteiger partial charge on any atom is -0.394 e. The molecule has 1 aliphatic rings. The van der Waals surface area contributed by atoms with Gasteiger partial charge in [0.05, 0.1) is 6.61 Å². The summed E-state index contributed by atoms with van der Waals surface area (Å²) in [4.78, 5) is 2.27. The monoisotopic (exact) mass is 158 g/mol. The largest absolute Gasteiger partial charge is 0.394 e. The second kappa shape index (κ2) is 3.52. The van der Waals surface area contributed by atoms with E-state index >= 15 is 0 Å². The molecule has 1 fully saturated rings. The van der Waals surface area contributed by atoms with Crippen LogP contribution in [0, 0.1) is 0 Å². The Morgan fingerprint density at radius 2 is 2.18 bits per heavy atom. The number of nitrogens with two attached hydrogens (primary N) is 1. The van der Waals surface area contributed by atoms with Crippen LogP contribution in [0.5, 0.6) is 0 Å². The van der Waals surface area contributed by atoms with E-state index in [1.165, 1.54) is 0 Å². The van der Waals surface area contributed by atoms with Gasteiger partial charge in [-0.3, -0.25) is 0 Å². The third kappa shape index (κ3) is 2.43. The second-order valence-electron chi connectivity index (χ2n) is 3.68. The Morgan fingerprint density at radius 1 is 1.45 bits per heavy atom. The minimum absolute atomic E-state index is 0.126. The Morgan fingerprint density at radius 3 is 2.82 bits per heavy atom. The van der Waals surface area contributed by atoms with Crippen LogP contribution in [0.15, 0.2) is 0 Å². The van der Waals surface area contributed by atoms with Gasteiger partial charge < -0.3 is 15.7 Å². The molecule has 0 bridgehead atoms. The number of aliphatic hydroxyl groups is 1. The average Bonchev–Trinajstić information content (AvgIpc) is 2.15. The smallest absolute Gasteiger partial charge is 0.0611 e. The molecule has 0 aromatic carbocycles. The molecule has 1 aliphatic heterocycles. The highest BCUT2D eigenvalue weighted by Gasteiger charge is 2.26. The van der Waals surface area contributed by atoms with E-state index in [1.807, 2.05) is 0 Å². The lowest BCUT2D eigenvalue weighted by Gasteiger charge is -2.24. The molecule has 0 aromatic heterocycles. The van der Waals surface area contributed by atoms with E-state index in [1.54, 1.807) is 0 Å². The summed E-state index contributed by atoms with van der Waals surface area (Å²) in [7, 11) is 2.10. The first-order chi connectivity index (χ1) is 5.16. The van der Waals surface area contributed by atoms with Gasteiger partial charge in [0.25, 0.3) is 0 Å². The first-order valence-electron chi connectivity index (χ1n) is 4.25. The van der Waals surface area contributed by atoms with Gasteiger partial charge in [-0.25, -0.2) is 0 Å². The van der Waals surface area contributed by atoms with Crippen LogP contribution in [-0.4, -0.2) is 42.3 Å². The lowest BCUT2D eigenvalue weighted by molar-refractivity contribution is 0.180. The molecule has 3 heteroatoms. The van der Waals surface area contributed by atoms with Crippen LogP contribution >= 0.6 is 0 Å². The molecule has 3 nitrogen and oxygen atoms in total. The molecule has 0 aliphatic carbocycles. The van der Waals surface area contributed by atoms with Crippen molar-refractivity contribution in [2.24, 2.45) is 5.73 Å². The van der Waals surface area contributed by atoms with Gasteiger partial charge in [-0.1, -0.05) is 0 Å². The molecule has 1 heterocycles. The van der Waals surface area contributed by atoms with E-state index < -0.39 is 0 Å². The topological polar surface area (TPSA) is 49.5 Å². The van der Waals surface area contributed by atoms with Crippen molar-refractivity contribution in [2.75, 3.05) is 26.7 Å². The molecule has 0 saturated carbocycles. The quantitative estimate of drug-likeness (QED) is 0.555. The van der Waals surface area contributed by atoms with Crippen LogP contribution in [0.4, 0.5) is 0 Å². The van der Waals surface area contributed by atoms with Crippen molar-refractivity contribution in [3.63, 3.8) is 0 Å². The molecule has 0 radical (unpaired) electrons. The normalized spacial score (nSPS) is 35.2. The molecule has 66 valence electrons. The summed E-state index contributed by atoms with van der Waals surface area (Å²) in [6.45, 7) is 2.25. The average molecular weight is 158 g/mol. The zero-order valence-corrected chi connectivity index (χ0v) is 7.21. The van der Waals surface area contributed by atoms with Gasteiger partial charge in [0.1, 0.15) is 0 Å². The first-order valence-corrected chi connectivity index (χ1v) is 4.25. The number of nitrogens with zero attached hydrogens (tertiary/aromatic N) is 1. The van der Waals surface area contributed by atoms with Gasteiger partial charge in [0.15, 0.2) is 0 Å². The summed E-state index contributed by atoms with van der Waals surface area (Å²) in [5.74, 6) is 0. The summed E-state index contributed by atoms with van der Waals surface area (Å²) in [5, 5.41) is 9.02. The molecule has 1 atom stereocenters. The predicted octanol–water partition coefficient (Wildman–Crippen LogP) is -0.208. The number of rotatable bonds is 1. The molecule has 3 N–H and O–H groups in total. The van der Waals surface area contributed by atoms with Crippen molar-refractivity contribution in [3.8, 4) is 0 Å². The van der Waals surface area contributed by atoms with Gasteiger partial charge >= 0.3 is 0 Å². The molecule has 1 unspecified atom stereocenters. The molecule has 11 heavy (non-hydrogen) atoms. The van der Waals surface area contributed by atoms with Crippen molar-refractivity contribution >= 4 is 0 Å². The number of hydrogen-bond acceptors (Lipinski definition) is 3. The van der Waals surface area contributed by atoms with E-state index in [-0.39, 0.29) is 12.1 Å². The summed E-state index contributed by atoms with van der Waals surface area (Å²) < 4.78 is 0. The lowest BCUT2D eigenvalue weighted by atomic mass is 9.93. The Bertz CT molecular complexity index is 129. The second-order valence-corrected chi connectivity index (χ2v) is 3.68. The fourth-order valence-electron chi connectivity index (χ4n) is 1.51. The standard InChI is InChI=1S/C8H18N2O/c1-10-5-2-3-8(9,7-11)4-6-10/h11H,2-7,9H2,1H3. The highest BCUT2D eigenvalue weighted by atomic mass is 16.3. The van der Waals surface area contributed by atoms with Crippen molar-refractivity contribution < 1.29 is 5.11 Å². The molecule has 0 aromatic rings. The minimum atomic E-state index is -0.301. The van der Waals surface area contributed by atoms with Crippen LogP contribution in [0.2, 0.25) is 0 Å². The van der Waals surface area contributed by atoms with E-state index in [4.69, 9.17) is 10.8 Å². The molecule has 1 rings (SSSR count). The van der Waals surface area contributed by atoms with Gasteiger partial charge in [-0.2, -0.15) is 0 Å². The predicted molar refractivity (Wildman–Crippen MR) is 45.4 cm³/mol. The third-order valence-corrected chi connectivity index (χ3v) is 2.52. The van der Waals surface area contributed by atoms with Crippen molar-refractivity contribution in [3.05, 3.63) is 0 Å². The SMILES string of the molecule is CN1CCCC(N)(CO)CC1. The van der Waals surface area contributed by atoms with Gasteiger partial charge in [0, 0.05) is 5.54 Å². The first kappa shape index (κ1) is 8.97. The molecular formula is C8H18N2O. The van der Waals surface area contributed by atoms with Crippen molar-refractivity contribution in [1.82, 2.24) is 4.90 Å². The molecule has 1 saturated heterocycles. The Labute approximate surface area is 68.2 Å². The molecule has 0 amide bonds. The third-order valence-electron chi connectivity index (χ3n) is 2.52. The van der Waals surface area contributed by atoms with E-state index in [9.17, 15) is 0 Å². The highest BCUT2D eigenvalue weighted by molar-refractivity contribution is 4.86. The highest BCUT2D eigenvalue weighted by Crippen LogP contribution is 2.17. The van der Waals surface area contributed by atoms with Crippen molar-refractivity contribution in [1.29, 1.82) is 0 Å². The molecule has 0 spiro atoms. The number of likely N-dealkylation sites (tertiary alicyclic amines) is 1. The van der Waals surface area contributed by atoms with Crippen LogP contribution in [0.3, 0.4) is 0 Å². The summed E-state index contributed by atoms with van der Waals surface area (Å²) in [5.41, 5.74) is 5.64. The van der Waals surface area contributed by atoms with Crippen LogP contribution in [0.1, 0.15) is 19.3 Å². The van der Waals surface area contributed by atoms with Crippen LogP contribution in [0.25, 0.3) is 0 Å². The van der Waals surface area contributed by atoms with E-state index in [0.29, 0.717) is 0 Å². The summed E-state index contributed by atoms with van der Waals surface area (Å²) in [6, 6.07) is 0. The fourth-order valence-corrected chi connectivity index (χ4v) is 1.51. The van der Waals surface area contributed by atoms with Gasteiger partial charge in [-0.05, 0) is 39.4 Å². The maximum Gasteiger partial charge on any atom is 0.0611 e. The summed E-state index contributed by atoms with van der Waals surface area (Å²) in [6.07, 6.45) is 2.97. The molecular weight excluding hydrogens is 140 g/mol. The Balaban J connectivity index is 2.45. The maximum atomic E-state index is 9.02. The zero-order valence-electron chi connectivity index (χ0n) is 7.21.